The third-order valence-electron chi connectivity index (χ3n) is 0.589. The van der Waals surface area contributed by atoms with Crippen LogP contribution in [0.1, 0.15) is 0 Å². The zero-order valence-corrected chi connectivity index (χ0v) is 6.38. The molecule has 0 aliphatic carbocycles. The van der Waals surface area contributed by atoms with Crippen molar-refractivity contribution in [2.24, 2.45) is 43.0 Å². The van der Waals surface area contributed by atoms with Crippen LogP contribution in [0.15, 0.2) is 25.8 Å². The first kappa shape index (κ1) is 10.5. The Kier molecular flexibility index (Phi) is 5.08. The van der Waals surface area contributed by atoms with Gasteiger partial charge in [0.05, 0.1) is 0 Å². The normalized spacial score (nSPS) is 10.9. The number of hydrazine groups is 1. The van der Waals surface area contributed by atoms with E-state index in [0.717, 1.165) is 0 Å². The molecular formula is C2H8N10O. The van der Waals surface area contributed by atoms with E-state index in [4.69, 9.17) is 17.2 Å². The third kappa shape index (κ3) is 7.44. The highest BCUT2D eigenvalue weighted by Gasteiger charge is 1.84. The number of rotatable bonds is 4. The molecule has 0 atom stereocenters. The molecule has 0 fully saturated rings. The zero-order valence-electron chi connectivity index (χ0n) is 6.38. The lowest BCUT2D eigenvalue weighted by Crippen LogP contribution is -2.31. The van der Waals surface area contributed by atoms with Crippen molar-refractivity contribution in [1.82, 2.24) is 11.1 Å². The van der Waals surface area contributed by atoms with Gasteiger partial charge in [-0.15, -0.1) is 15.1 Å². The lowest BCUT2D eigenvalue weighted by molar-refractivity contribution is 0.582. The predicted molar refractivity (Wildman–Crippen MR) is 44.4 cm³/mol. The van der Waals surface area contributed by atoms with Crippen LogP contribution in [0.5, 0.6) is 0 Å². The molecule has 0 saturated carbocycles. The van der Waals surface area contributed by atoms with E-state index in [0.29, 0.717) is 0 Å². The molecule has 8 N–H and O–H groups in total. The smallest absolute Gasteiger partial charge is 0.260 e. The number of hydrogen-bond donors (Lipinski definition) is 5. The largest absolute Gasteiger partial charge is 0.369 e. The standard InChI is InChI=1S/C2H8N10O/c3-1(4)6-9-10-7-2(5)8-11-12-13/h9-10H,(H2,5,7)(H4,3,4,6)/b11-8+. The second kappa shape index (κ2) is 6.26. The molecule has 11 heteroatoms. The van der Waals surface area contributed by atoms with Crippen LogP contribution in [0.2, 0.25) is 0 Å². The maximum atomic E-state index is 9.42. The van der Waals surface area contributed by atoms with E-state index in [2.05, 4.69) is 36.9 Å². The average molecular weight is 188 g/mol. The summed E-state index contributed by atoms with van der Waals surface area (Å²) in [5, 5.41) is 14.3. The van der Waals surface area contributed by atoms with Gasteiger partial charge in [0.2, 0.25) is 5.96 Å². The minimum atomic E-state index is -0.321. The molecule has 0 bridgehead atoms. The minimum absolute atomic E-state index is 0.197. The Bertz CT molecular complexity index is 235. The van der Waals surface area contributed by atoms with Gasteiger partial charge in [-0.05, 0) is 5.22 Å². The fourth-order valence-corrected chi connectivity index (χ4v) is 0.258. The fraction of sp³-hybridized carbons (Fsp3) is 0. The maximum absolute atomic E-state index is 9.42. The second-order valence-corrected chi connectivity index (χ2v) is 1.50. The van der Waals surface area contributed by atoms with Crippen LogP contribution in [-0.2, 0) is 0 Å². The summed E-state index contributed by atoms with van der Waals surface area (Å²) in [7, 11) is 0. The molecule has 13 heavy (non-hydrogen) atoms. The first-order chi connectivity index (χ1) is 6.16. The molecule has 0 aromatic carbocycles. The molecular weight excluding hydrogens is 180 g/mol. The van der Waals surface area contributed by atoms with Crippen LogP contribution in [0.4, 0.5) is 0 Å². The quantitative estimate of drug-likeness (QED) is 0.0820. The molecule has 0 aliphatic heterocycles. The highest BCUT2D eigenvalue weighted by molar-refractivity contribution is 5.77. The number of hydrazone groups is 2. The second-order valence-electron chi connectivity index (χ2n) is 1.50. The van der Waals surface area contributed by atoms with Crippen molar-refractivity contribution in [2.45, 2.75) is 0 Å². The average Bonchev–Trinajstić information content (AvgIpc) is 2.08. The van der Waals surface area contributed by atoms with E-state index in [1.165, 1.54) is 0 Å². The van der Waals surface area contributed by atoms with E-state index in [1.54, 1.807) is 0 Å². The predicted octanol–water partition coefficient (Wildman–Crippen LogP) is -2.37. The van der Waals surface area contributed by atoms with Crippen molar-refractivity contribution in [3.05, 3.63) is 4.91 Å². The van der Waals surface area contributed by atoms with Crippen molar-refractivity contribution in [1.29, 1.82) is 0 Å². The lowest BCUT2D eigenvalue weighted by atomic mass is 11.1. The molecule has 0 unspecified atom stereocenters. The Hall–Kier alpha value is -2.46. The van der Waals surface area contributed by atoms with Crippen LogP contribution in [-0.4, -0.2) is 11.9 Å². The topological polar surface area (TPSA) is 181 Å². The molecule has 0 radical (unpaired) electrons. The number of nitrogens with two attached hydrogens (primary N) is 3. The molecule has 0 spiro atoms. The zero-order chi connectivity index (χ0) is 10.1. The fourth-order valence-electron chi connectivity index (χ4n) is 0.258. The summed E-state index contributed by atoms with van der Waals surface area (Å²) in [6.45, 7) is 0. The van der Waals surface area contributed by atoms with Crippen LogP contribution in [0, 0.1) is 4.91 Å². The molecule has 0 rings (SSSR count). The van der Waals surface area contributed by atoms with Crippen molar-refractivity contribution in [2.75, 3.05) is 0 Å². The van der Waals surface area contributed by atoms with Gasteiger partial charge in [-0.2, -0.15) is 0 Å². The van der Waals surface area contributed by atoms with Crippen LogP contribution < -0.4 is 28.3 Å². The van der Waals surface area contributed by atoms with Crippen LogP contribution >= 0.6 is 0 Å². The number of guanidine groups is 2. The summed E-state index contributed by atoms with van der Waals surface area (Å²) in [6.07, 6.45) is 0. The molecule has 0 aromatic rings. The molecule has 0 aromatic heterocycles. The van der Waals surface area contributed by atoms with Crippen molar-refractivity contribution in [3.63, 3.8) is 0 Å². The Morgan fingerprint density at radius 3 is 2.23 bits per heavy atom. The van der Waals surface area contributed by atoms with E-state index in [1.807, 2.05) is 0 Å². The number of nitrogens with zero attached hydrogens (tertiary/aromatic N) is 5. The first-order valence-electron chi connectivity index (χ1n) is 2.82. The number of hydrogen-bond acceptors (Lipinski definition) is 5. The molecule has 0 saturated heterocycles. The van der Waals surface area contributed by atoms with Gasteiger partial charge in [0, 0.05) is 0 Å². The molecule has 0 amide bonds. The Morgan fingerprint density at radius 1 is 1.08 bits per heavy atom. The van der Waals surface area contributed by atoms with Crippen molar-refractivity contribution < 1.29 is 0 Å². The van der Waals surface area contributed by atoms with Gasteiger partial charge >= 0.3 is 0 Å². The molecule has 11 nitrogen and oxygen atoms in total. The Balaban J connectivity index is 3.77. The number of nitrogens with one attached hydrogen (secondary N) is 2. The van der Waals surface area contributed by atoms with Crippen molar-refractivity contribution in [3.8, 4) is 0 Å². The third-order valence-corrected chi connectivity index (χ3v) is 0.589. The molecule has 0 aliphatic rings. The monoisotopic (exact) mass is 188 g/mol. The van der Waals surface area contributed by atoms with Gasteiger partial charge in [-0.25, -0.2) is 11.1 Å². The molecule has 72 valence electrons. The van der Waals surface area contributed by atoms with E-state index in [9.17, 15) is 4.91 Å². The summed E-state index contributed by atoms with van der Waals surface area (Å²) in [5.74, 6) is -0.518. The highest BCUT2D eigenvalue weighted by atomic mass is 16.3. The minimum Gasteiger partial charge on any atom is -0.369 e. The first-order valence-corrected chi connectivity index (χ1v) is 2.82. The molecule has 0 heterocycles. The van der Waals surface area contributed by atoms with Gasteiger partial charge in [0.15, 0.2) is 0 Å². The van der Waals surface area contributed by atoms with Crippen LogP contribution in [0.3, 0.4) is 0 Å². The number of nitroso groups, excluding NO2 is 1. The van der Waals surface area contributed by atoms with Gasteiger partial charge in [0.25, 0.3) is 5.96 Å². The van der Waals surface area contributed by atoms with Gasteiger partial charge < -0.3 is 17.2 Å². The summed E-state index contributed by atoms with van der Waals surface area (Å²) >= 11 is 0. The lowest BCUT2D eigenvalue weighted by Gasteiger charge is -1.96. The maximum Gasteiger partial charge on any atom is 0.260 e. The van der Waals surface area contributed by atoms with E-state index >= 15 is 0 Å². The van der Waals surface area contributed by atoms with E-state index < -0.39 is 0 Å². The Labute approximate surface area is 72.0 Å². The van der Waals surface area contributed by atoms with Crippen LogP contribution in [0.25, 0.3) is 0 Å². The summed E-state index contributed by atoms with van der Waals surface area (Å²) in [6, 6.07) is 0. The summed E-state index contributed by atoms with van der Waals surface area (Å²) in [4.78, 5) is 9.42. The summed E-state index contributed by atoms with van der Waals surface area (Å²) < 4.78 is 0. The summed E-state index contributed by atoms with van der Waals surface area (Å²) in [5.41, 5.74) is 19.1. The Morgan fingerprint density at radius 2 is 1.69 bits per heavy atom. The van der Waals surface area contributed by atoms with Gasteiger partial charge in [0.1, 0.15) is 5.29 Å². The van der Waals surface area contributed by atoms with Gasteiger partial charge in [-0.1, -0.05) is 5.11 Å². The highest BCUT2D eigenvalue weighted by Crippen LogP contribution is 1.74. The van der Waals surface area contributed by atoms with Gasteiger partial charge in [-0.3, -0.25) is 0 Å². The van der Waals surface area contributed by atoms with E-state index in [-0.39, 0.29) is 11.9 Å². The van der Waals surface area contributed by atoms with Crippen molar-refractivity contribution >= 4 is 11.9 Å². The SMILES string of the molecule is NC(N)=NNN/N=C(N)/N=N/N=O.